The summed E-state index contributed by atoms with van der Waals surface area (Å²) in [6.45, 7) is 6.05. The maximum Gasteiger partial charge on any atom is 0.233 e. The van der Waals surface area contributed by atoms with Gasteiger partial charge in [-0.1, -0.05) is 0 Å². The van der Waals surface area contributed by atoms with Crippen molar-refractivity contribution in [1.82, 2.24) is 5.06 Å². The molecule has 0 aromatic carbocycles. The van der Waals surface area contributed by atoms with Gasteiger partial charge in [-0.15, -0.1) is 0 Å². The van der Waals surface area contributed by atoms with Gasteiger partial charge in [-0.25, -0.2) is 5.06 Å². The lowest BCUT2D eigenvalue weighted by atomic mass is 10.2. The highest BCUT2D eigenvalue weighted by atomic mass is 16.7. The summed E-state index contributed by atoms with van der Waals surface area (Å²) in [6, 6.07) is 0. The van der Waals surface area contributed by atoms with Gasteiger partial charge in [0.1, 0.15) is 6.29 Å². The molecule has 4 nitrogen and oxygen atoms in total. The van der Waals surface area contributed by atoms with E-state index in [9.17, 15) is 9.59 Å². The van der Waals surface area contributed by atoms with Crippen molar-refractivity contribution in [2.24, 2.45) is 0 Å². The zero-order valence-corrected chi connectivity index (χ0v) is 8.45. The van der Waals surface area contributed by atoms with Gasteiger partial charge in [-0.2, -0.15) is 0 Å². The molecule has 76 valence electrons. The Morgan fingerprint density at radius 2 is 1.92 bits per heavy atom. The fraction of sp³-hybridized carbons (Fsp3) is 0.778. The Kier molecular flexibility index (Phi) is 5.30. The number of amides is 1. The maximum atomic E-state index is 10.5. The van der Waals surface area contributed by atoms with Gasteiger partial charge >= 0.3 is 0 Å². The van der Waals surface area contributed by atoms with Crippen LogP contribution < -0.4 is 0 Å². The van der Waals surface area contributed by atoms with E-state index in [1.54, 1.807) is 0 Å². The van der Waals surface area contributed by atoms with Crippen LogP contribution in [0.15, 0.2) is 0 Å². The predicted molar refractivity (Wildman–Crippen MR) is 48.9 cm³/mol. The first-order valence-electron chi connectivity index (χ1n) is 4.34. The summed E-state index contributed by atoms with van der Waals surface area (Å²) in [5, 5.41) is 1.23. The van der Waals surface area contributed by atoms with Gasteiger partial charge in [0.15, 0.2) is 0 Å². The zero-order chi connectivity index (χ0) is 10.3. The highest BCUT2D eigenvalue weighted by Crippen LogP contribution is 2.09. The molecule has 0 N–H and O–H groups in total. The summed E-state index contributed by atoms with van der Waals surface area (Å²) in [4.78, 5) is 25.8. The van der Waals surface area contributed by atoms with Crippen molar-refractivity contribution in [3.8, 4) is 0 Å². The summed E-state index contributed by atoms with van der Waals surface area (Å²) in [5.41, 5.74) is -0.373. The van der Waals surface area contributed by atoms with Crippen molar-refractivity contribution in [3.63, 3.8) is 0 Å². The zero-order valence-electron chi connectivity index (χ0n) is 8.45. The van der Waals surface area contributed by atoms with Gasteiger partial charge in [-0.3, -0.25) is 9.63 Å². The number of carbonyl (C=O) groups is 2. The van der Waals surface area contributed by atoms with E-state index in [4.69, 9.17) is 4.84 Å². The SMILES string of the molecule is CC(C)(C)ON(C=O)CCCC=O. The average molecular weight is 187 g/mol. The summed E-state index contributed by atoms with van der Waals surface area (Å²) in [5.74, 6) is 0. The predicted octanol–water partition coefficient (Wildman–Crippen LogP) is 1.15. The molecule has 13 heavy (non-hydrogen) atoms. The fourth-order valence-electron chi connectivity index (χ4n) is 0.802. The van der Waals surface area contributed by atoms with E-state index in [-0.39, 0.29) is 5.60 Å². The molecule has 0 fully saturated rings. The van der Waals surface area contributed by atoms with E-state index in [1.807, 2.05) is 20.8 Å². The number of hydrogen-bond donors (Lipinski definition) is 0. The third-order valence-corrected chi connectivity index (χ3v) is 1.21. The van der Waals surface area contributed by atoms with Crippen molar-refractivity contribution < 1.29 is 14.4 Å². The lowest BCUT2D eigenvalue weighted by molar-refractivity contribution is -0.216. The van der Waals surface area contributed by atoms with Crippen LogP contribution in [0.4, 0.5) is 0 Å². The van der Waals surface area contributed by atoms with Gasteiger partial charge < -0.3 is 4.79 Å². The molecule has 0 saturated carbocycles. The van der Waals surface area contributed by atoms with Crippen molar-refractivity contribution in [3.05, 3.63) is 0 Å². The van der Waals surface area contributed by atoms with Crippen LogP contribution in [0, 0.1) is 0 Å². The van der Waals surface area contributed by atoms with E-state index in [1.165, 1.54) is 5.06 Å². The standard InChI is InChI=1S/C9H17NO3/c1-9(2,3)13-10(8-12)6-4-5-7-11/h7-8H,4-6H2,1-3H3. The number of nitrogens with zero attached hydrogens (tertiary/aromatic N) is 1. The number of aldehydes is 1. The van der Waals surface area contributed by atoms with Crippen molar-refractivity contribution >= 4 is 12.7 Å². The van der Waals surface area contributed by atoms with Crippen molar-refractivity contribution in [1.29, 1.82) is 0 Å². The van der Waals surface area contributed by atoms with Crippen LogP contribution in [-0.2, 0) is 14.4 Å². The Morgan fingerprint density at radius 1 is 1.31 bits per heavy atom. The van der Waals surface area contributed by atoms with E-state index < -0.39 is 0 Å². The smallest absolute Gasteiger partial charge is 0.233 e. The Morgan fingerprint density at radius 3 is 2.31 bits per heavy atom. The van der Waals surface area contributed by atoms with E-state index in [0.717, 1.165) is 6.29 Å². The van der Waals surface area contributed by atoms with E-state index in [2.05, 4.69) is 0 Å². The molecule has 0 spiro atoms. The molecule has 0 rings (SSSR count). The first kappa shape index (κ1) is 12.1. The molecule has 4 heteroatoms. The normalized spacial score (nSPS) is 11.0. The number of hydroxylamine groups is 2. The van der Waals surface area contributed by atoms with Gasteiger partial charge in [0.25, 0.3) is 0 Å². The molecule has 0 saturated heterocycles. The largest absolute Gasteiger partial charge is 0.303 e. The van der Waals surface area contributed by atoms with Gasteiger partial charge in [-0.05, 0) is 27.2 Å². The van der Waals surface area contributed by atoms with Crippen LogP contribution in [0.5, 0.6) is 0 Å². The molecule has 0 bridgehead atoms. The molecule has 0 aromatic heterocycles. The molecule has 0 heterocycles. The minimum Gasteiger partial charge on any atom is -0.303 e. The minimum absolute atomic E-state index is 0.373. The second-order valence-electron chi connectivity index (χ2n) is 3.76. The second-order valence-corrected chi connectivity index (χ2v) is 3.76. The van der Waals surface area contributed by atoms with Crippen LogP contribution in [0.2, 0.25) is 0 Å². The summed E-state index contributed by atoms with van der Waals surface area (Å²) in [6.07, 6.45) is 2.56. The Labute approximate surface area is 78.8 Å². The molecule has 0 radical (unpaired) electrons. The molecule has 0 aliphatic rings. The Bertz CT molecular complexity index is 163. The fourth-order valence-corrected chi connectivity index (χ4v) is 0.802. The van der Waals surface area contributed by atoms with E-state index in [0.29, 0.717) is 25.8 Å². The molecule has 0 aliphatic carbocycles. The van der Waals surface area contributed by atoms with Gasteiger partial charge in [0.05, 0.1) is 5.60 Å². The third kappa shape index (κ3) is 7.46. The monoisotopic (exact) mass is 187 g/mol. The summed E-state index contributed by atoms with van der Waals surface area (Å²) < 4.78 is 0. The molecular formula is C9H17NO3. The summed E-state index contributed by atoms with van der Waals surface area (Å²) in [7, 11) is 0. The lowest BCUT2D eigenvalue weighted by Gasteiger charge is -2.26. The van der Waals surface area contributed by atoms with Crippen LogP contribution in [0.25, 0.3) is 0 Å². The lowest BCUT2D eigenvalue weighted by Crippen LogP contribution is -2.33. The first-order chi connectivity index (χ1) is 5.99. The quantitative estimate of drug-likeness (QED) is 0.356. The van der Waals surface area contributed by atoms with Crippen LogP contribution in [0.3, 0.4) is 0 Å². The number of rotatable bonds is 6. The Balaban J connectivity index is 3.76. The van der Waals surface area contributed by atoms with Crippen LogP contribution >= 0.6 is 0 Å². The average Bonchev–Trinajstić information content (AvgIpc) is 2.01. The van der Waals surface area contributed by atoms with Crippen LogP contribution in [0.1, 0.15) is 33.6 Å². The highest BCUT2D eigenvalue weighted by molar-refractivity contribution is 5.49. The number of carbonyl (C=O) groups excluding carboxylic acids is 2. The second kappa shape index (κ2) is 5.70. The number of unbranched alkanes of at least 4 members (excludes halogenated alkanes) is 1. The topological polar surface area (TPSA) is 46.6 Å². The minimum atomic E-state index is -0.373. The molecule has 0 aromatic rings. The molecule has 0 aliphatic heterocycles. The first-order valence-corrected chi connectivity index (χ1v) is 4.34. The molecule has 0 unspecified atom stereocenters. The van der Waals surface area contributed by atoms with Gasteiger partial charge in [0.2, 0.25) is 6.41 Å². The number of hydrogen-bond acceptors (Lipinski definition) is 3. The molecule has 1 amide bonds. The van der Waals surface area contributed by atoms with E-state index >= 15 is 0 Å². The highest BCUT2D eigenvalue weighted by Gasteiger charge is 2.15. The van der Waals surface area contributed by atoms with Crippen molar-refractivity contribution in [2.75, 3.05) is 6.54 Å². The maximum absolute atomic E-state index is 10.5. The molecule has 0 atom stereocenters. The Hall–Kier alpha value is -0.900. The van der Waals surface area contributed by atoms with Gasteiger partial charge in [0, 0.05) is 13.0 Å². The summed E-state index contributed by atoms with van der Waals surface area (Å²) >= 11 is 0. The van der Waals surface area contributed by atoms with Crippen LogP contribution in [-0.4, -0.2) is 29.9 Å². The molecular weight excluding hydrogens is 170 g/mol. The third-order valence-electron chi connectivity index (χ3n) is 1.21. The van der Waals surface area contributed by atoms with Crippen molar-refractivity contribution in [2.45, 2.75) is 39.2 Å².